The summed E-state index contributed by atoms with van der Waals surface area (Å²) in [5.41, 5.74) is 1.76. The van der Waals surface area contributed by atoms with Gasteiger partial charge < -0.3 is 10.2 Å². The second-order valence-electron chi connectivity index (χ2n) is 6.85. The lowest BCUT2D eigenvalue weighted by atomic mass is 10.0. The first-order chi connectivity index (χ1) is 12.5. The van der Waals surface area contributed by atoms with Crippen LogP contribution >= 0.6 is 0 Å². The molecule has 8 nitrogen and oxygen atoms in total. The minimum Gasteiger partial charge on any atom is -0.352 e. The van der Waals surface area contributed by atoms with Crippen molar-refractivity contribution in [2.24, 2.45) is 0 Å². The highest BCUT2D eigenvalue weighted by Crippen LogP contribution is 2.16. The molecule has 1 aliphatic heterocycles. The van der Waals surface area contributed by atoms with Gasteiger partial charge in [-0.3, -0.25) is 9.78 Å². The molecule has 0 aromatic carbocycles. The Balaban J connectivity index is 1.54. The van der Waals surface area contributed by atoms with Crippen LogP contribution in [0, 0.1) is 11.3 Å². The fourth-order valence-corrected chi connectivity index (χ4v) is 3.13. The highest BCUT2D eigenvalue weighted by atomic mass is 16.2. The Morgan fingerprint density at radius 2 is 2.15 bits per heavy atom. The van der Waals surface area contributed by atoms with Crippen LogP contribution in [0.2, 0.25) is 0 Å². The fourth-order valence-electron chi connectivity index (χ4n) is 3.13. The lowest BCUT2D eigenvalue weighted by Crippen LogP contribution is -2.47. The van der Waals surface area contributed by atoms with Crippen LogP contribution in [0.15, 0.2) is 24.7 Å². The quantitative estimate of drug-likeness (QED) is 0.867. The normalized spacial score (nSPS) is 15.8. The monoisotopic (exact) mass is 353 g/mol. The Morgan fingerprint density at radius 3 is 2.85 bits per heavy atom. The zero-order valence-corrected chi connectivity index (χ0v) is 15.1. The van der Waals surface area contributed by atoms with Crippen LogP contribution in [-0.4, -0.2) is 56.0 Å². The first-order valence-corrected chi connectivity index (χ1v) is 8.84. The van der Waals surface area contributed by atoms with E-state index in [9.17, 15) is 4.79 Å². The molecule has 2 aromatic heterocycles. The largest absolute Gasteiger partial charge is 0.352 e. The van der Waals surface area contributed by atoms with Gasteiger partial charge in [0, 0.05) is 43.1 Å². The molecule has 0 bridgehead atoms. The van der Waals surface area contributed by atoms with Crippen LogP contribution in [0.3, 0.4) is 0 Å². The van der Waals surface area contributed by atoms with Crippen molar-refractivity contribution in [3.05, 3.63) is 30.2 Å². The van der Waals surface area contributed by atoms with Gasteiger partial charge in [-0.1, -0.05) is 5.21 Å². The van der Waals surface area contributed by atoms with E-state index in [4.69, 9.17) is 5.26 Å². The highest BCUT2D eigenvalue weighted by Gasteiger charge is 2.22. The van der Waals surface area contributed by atoms with Gasteiger partial charge in [0.2, 0.25) is 5.91 Å². The summed E-state index contributed by atoms with van der Waals surface area (Å²) in [5, 5.41) is 20.1. The maximum atomic E-state index is 12.3. The maximum Gasteiger partial charge on any atom is 0.242 e. The lowest BCUT2D eigenvalue weighted by Gasteiger charge is -2.34. The minimum atomic E-state index is -0.0617. The number of nitrogens with one attached hydrogen (secondary N) is 1. The van der Waals surface area contributed by atoms with Crippen molar-refractivity contribution in [1.82, 2.24) is 30.2 Å². The van der Waals surface area contributed by atoms with Crippen molar-refractivity contribution in [2.45, 2.75) is 45.3 Å². The number of hydrogen-bond donors (Lipinski definition) is 1. The maximum absolute atomic E-state index is 12.3. The SMILES string of the molecule is CC(C)N1CCC(NC(=O)Cn2cc(-c3cncc(C#N)c3)nn2)CC1. The molecule has 1 fully saturated rings. The van der Waals surface area contributed by atoms with E-state index < -0.39 is 0 Å². The number of aromatic nitrogens is 4. The number of piperidine rings is 1. The first-order valence-electron chi connectivity index (χ1n) is 8.84. The molecule has 0 atom stereocenters. The van der Waals surface area contributed by atoms with E-state index in [-0.39, 0.29) is 18.5 Å². The van der Waals surface area contributed by atoms with E-state index in [1.807, 2.05) is 6.07 Å². The molecule has 26 heavy (non-hydrogen) atoms. The van der Waals surface area contributed by atoms with Gasteiger partial charge >= 0.3 is 0 Å². The zero-order valence-electron chi connectivity index (χ0n) is 15.1. The van der Waals surface area contributed by atoms with E-state index >= 15 is 0 Å². The van der Waals surface area contributed by atoms with Gasteiger partial charge in [0.15, 0.2) is 0 Å². The van der Waals surface area contributed by atoms with Crippen LogP contribution < -0.4 is 5.32 Å². The number of pyridine rings is 1. The number of carbonyl (C=O) groups excluding carboxylic acids is 1. The van der Waals surface area contributed by atoms with Crippen molar-refractivity contribution in [3.8, 4) is 17.3 Å². The Hall–Kier alpha value is -2.79. The Kier molecular flexibility index (Phi) is 5.58. The van der Waals surface area contributed by atoms with E-state index in [0.717, 1.165) is 25.9 Å². The molecule has 0 radical (unpaired) electrons. The van der Waals surface area contributed by atoms with Crippen molar-refractivity contribution in [3.63, 3.8) is 0 Å². The predicted molar refractivity (Wildman–Crippen MR) is 95.8 cm³/mol. The first kappa shape index (κ1) is 18.0. The van der Waals surface area contributed by atoms with Gasteiger partial charge in [0.05, 0.1) is 11.8 Å². The zero-order chi connectivity index (χ0) is 18.5. The van der Waals surface area contributed by atoms with Crippen molar-refractivity contribution in [2.75, 3.05) is 13.1 Å². The van der Waals surface area contributed by atoms with Crippen LogP contribution in [-0.2, 0) is 11.3 Å². The molecule has 3 rings (SSSR count). The molecule has 1 N–H and O–H groups in total. The summed E-state index contributed by atoms with van der Waals surface area (Å²) in [5.74, 6) is -0.0617. The number of nitrogens with zero attached hydrogens (tertiary/aromatic N) is 6. The minimum absolute atomic E-state index is 0.0617. The molecule has 3 heterocycles. The smallest absolute Gasteiger partial charge is 0.242 e. The van der Waals surface area contributed by atoms with E-state index in [1.54, 1.807) is 18.5 Å². The highest BCUT2D eigenvalue weighted by molar-refractivity contribution is 5.76. The van der Waals surface area contributed by atoms with Gasteiger partial charge in [-0.15, -0.1) is 5.10 Å². The van der Waals surface area contributed by atoms with Crippen molar-refractivity contribution < 1.29 is 4.79 Å². The number of carbonyl (C=O) groups is 1. The topological polar surface area (TPSA) is 99.7 Å². The summed E-state index contributed by atoms with van der Waals surface area (Å²) in [7, 11) is 0. The van der Waals surface area contributed by atoms with Gasteiger partial charge in [-0.2, -0.15) is 5.26 Å². The summed E-state index contributed by atoms with van der Waals surface area (Å²) < 4.78 is 1.51. The molecule has 136 valence electrons. The molecular weight excluding hydrogens is 330 g/mol. The lowest BCUT2D eigenvalue weighted by molar-refractivity contribution is -0.122. The second-order valence-corrected chi connectivity index (χ2v) is 6.85. The standard InChI is InChI=1S/C18H23N7O/c1-13(2)24-5-3-16(4-6-24)21-18(26)12-25-11-17(22-23-25)15-7-14(8-19)9-20-10-15/h7,9-11,13,16H,3-6,12H2,1-2H3,(H,21,26). The average molecular weight is 353 g/mol. The Labute approximate surface area is 152 Å². The van der Waals surface area contributed by atoms with Gasteiger partial charge in [-0.05, 0) is 32.8 Å². The number of amides is 1. The number of nitriles is 1. The van der Waals surface area contributed by atoms with E-state index in [2.05, 4.69) is 39.4 Å². The van der Waals surface area contributed by atoms with Gasteiger partial charge in [0.1, 0.15) is 18.3 Å². The van der Waals surface area contributed by atoms with E-state index in [0.29, 0.717) is 22.9 Å². The fraction of sp³-hybridized carbons (Fsp3) is 0.500. The summed E-state index contributed by atoms with van der Waals surface area (Å²) in [6.45, 7) is 6.55. The molecular formula is C18H23N7O. The molecule has 8 heteroatoms. The summed E-state index contributed by atoms with van der Waals surface area (Å²) in [4.78, 5) is 18.7. The summed E-state index contributed by atoms with van der Waals surface area (Å²) >= 11 is 0. The molecule has 0 aliphatic carbocycles. The van der Waals surface area contributed by atoms with Crippen LogP contribution in [0.25, 0.3) is 11.3 Å². The molecule has 1 aliphatic rings. The number of hydrogen-bond acceptors (Lipinski definition) is 6. The number of rotatable bonds is 5. The Morgan fingerprint density at radius 1 is 1.38 bits per heavy atom. The third kappa shape index (κ3) is 4.43. The molecule has 2 aromatic rings. The third-order valence-corrected chi connectivity index (χ3v) is 4.63. The van der Waals surface area contributed by atoms with Crippen LogP contribution in [0.1, 0.15) is 32.3 Å². The molecule has 1 saturated heterocycles. The number of likely N-dealkylation sites (tertiary alicyclic amines) is 1. The molecule has 0 saturated carbocycles. The van der Waals surface area contributed by atoms with E-state index in [1.165, 1.54) is 10.9 Å². The van der Waals surface area contributed by atoms with Crippen molar-refractivity contribution >= 4 is 5.91 Å². The predicted octanol–water partition coefficient (Wildman–Crippen LogP) is 1.20. The summed E-state index contributed by atoms with van der Waals surface area (Å²) in [6, 6.07) is 4.51. The molecule has 1 amide bonds. The third-order valence-electron chi connectivity index (χ3n) is 4.63. The van der Waals surface area contributed by atoms with Crippen LogP contribution in [0.4, 0.5) is 0 Å². The molecule has 0 spiro atoms. The van der Waals surface area contributed by atoms with Crippen molar-refractivity contribution in [1.29, 1.82) is 5.26 Å². The summed E-state index contributed by atoms with van der Waals surface area (Å²) in [6.07, 6.45) is 6.75. The van der Waals surface area contributed by atoms with Gasteiger partial charge in [-0.25, -0.2) is 4.68 Å². The van der Waals surface area contributed by atoms with Crippen LogP contribution in [0.5, 0.6) is 0 Å². The second kappa shape index (κ2) is 8.06. The molecule has 0 unspecified atom stereocenters. The average Bonchev–Trinajstić information content (AvgIpc) is 3.10. The Bertz CT molecular complexity index is 800. The van der Waals surface area contributed by atoms with Gasteiger partial charge in [0.25, 0.3) is 0 Å².